The molecule has 1 spiro atoms. The molecular formula is C21H15F2N3O3. The number of rotatable bonds is 1. The normalized spacial score (nSPS) is 19.9. The Labute approximate surface area is 164 Å². The summed E-state index contributed by atoms with van der Waals surface area (Å²) in [6.07, 6.45) is 1.31. The van der Waals surface area contributed by atoms with E-state index >= 15 is 4.39 Å². The van der Waals surface area contributed by atoms with Crippen molar-refractivity contribution < 1.29 is 23.4 Å². The molecule has 0 radical (unpaired) electrons. The van der Waals surface area contributed by atoms with Crippen molar-refractivity contribution >= 4 is 5.84 Å². The molecule has 0 aliphatic carbocycles. The molecule has 6 nitrogen and oxygen atoms in total. The lowest BCUT2D eigenvalue weighted by Crippen LogP contribution is -2.42. The van der Waals surface area contributed by atoms with E-state index in [2.05, 4.69) is 9.98 Å². The van der Waals surface area contributed by atoms with Crippen LogP contribution in [0.2, 0.25) is 0 Å². The van der Waals surface area contributed by atoms with Crippen molar-refractivity contribution in [3.05, 3.63) is 71.6 Å². The van der Waals surface area contributed by atoms with E-state index in [1.165, 1.54) is 30.5 Å². The maximum Gasteiger partial charge on any atom is 0.213 e. The maximum atomic E-state index is 15.1. The van der Waals surface area contributed by atoms with Crippen LogP contribution in [0.3, 0.4) is 0 Å². The number of nitrogens with two attached hydrogens (primary N) is 1. The number of aliphatic imine (C=N–C) groups is 1. The van der Waals surface area contributed by atoms with Gasteiger partial charge in [0.1, 0.15) is 29.5 Å². The number of phenols is 1. The summed E-state index contributed by atoms with van der Waals surface area (Å²) in [6.45, 7) is 0.220. The zero-order valence-electron chi connectivity index (χ0n) is 15.0. The summed E-state index contributed by atoms with van der Waals surface area (Å²) < 4.78 is 40.2. The Bertz CT molecular complexity index is 1180. The first-order valence-corrected chi connectivity index (χ1v) is 8.85. The van der Waals surface area contributed by atoms with E-state index in [0.717, 1.165) is 0 Å². The Morgan fingerprint density at radius 3 is 2.69 bits per heavy atom. The van der Waals surface area contributed by atoms with Crippen LogP contribution in [0.15, 0.2) is 53.7 Å². The van der Waals surface area contributed by atoms with E-state index in [-0.39, 0.29) is 30.5 Å². The van der Waals surface area contributed by atoms with Gasteiger partial charge in [0.2, 0.25) is 5.95 Å². The van der Waals surface area contributed by atoms with Crippen molar-refractivity contribution in [2.75, 3.05) is 13.2 Å². The van der Waals surface area contributed by atoms with Crippen molar-refractivity contribution in [1.82, 2.24) is 4.98 Å². The third-order valence-corrected chi connectivity index (χ3v) is 5.07. The highest BCUT2D eigenvalue weighted by molar-refractivity contribution is 5.84. The number of aromatic nitrogens is 1. The summed E-state index contributed by atoms with van der Waals surface area (Å²) in [5.74, 6) is -0.735. The van der Waals surface area contributed by atoms with Crippen LogP contribution in [-0.2, 0) is 10.3 Å². The van der Waals surface area contributed by atoms with Gasteiger partial charge in [-0.1, -0.05) is 0 Å². The molecule has 146 valence electrons. The number of amidine groups is 1. The highest BCUT2D eigenvalue weighted by Crippen LogP contribution is 2.52. The fourth-order valence-corrected chi connectivity index (χ4v) is 3.83. The van der Waals surface area contributed by atoms with Gasteiger partial charge in [0.25, 0.3) is 0 Å². The van der Waals surface area contributed by atoms with Crippen LogP contribution in [0.1, 0.15) is 11.1 Å². The molecule has 3 N–H and O–H groups in total. The Balaban J connectivity index is 1.80. The maximum absolute atomic E-state index is 15.1. The van der Waals surface area contributed by atoms with Crippen molar-refractivity contribution in [2.24, 2.45) is 10.7 Å². The lowest BCUT2D eigenvalue weighted by atomic mass is 9.79. The molecule has 1 atom stereocenters. The number of nitrogens with zero attached hydrogens (tertiary/aromatic N) is 2. The van der Waals surface area contributed by atoms with Crippen LogP contribution in [0.25, 0.3) is 11.1 Å². The molecule has 3 aromatic rings. The van der Waals surface area contributed by atoms with Gasteiger partial charge in [-0.15, -0.1) is 0 Å². The number of aromatic hydroxyl groups is 1. The molecule has 0 bridgehead atoms. The third-order valence-electron chi connectivity index (χ3n) is 5.07. The van der Waals surface area contributed by atoms with Gasteiger partial charge in [0.15, 0.2) is 11.6 Å². The Hall–Kier alpha value is -3.52. The highest BCUT2D eigenvalue weighted by Gasteiger charge is 2.46. The fraction of sp³-hybridized carbons (Fsp3) is 0.143. The molecule has 8 heteroatoms. The number of phenolic OH excluding ortho intramolecular Hbond substituents is 1. The number of halogens is 2. The topological polar surface area (TPSA) is 90.0 Å². The first-order valence-electron chi connectivity index (χ1n) is 8.85. The minimum Gasteiger partial charge on any atom is -0.508 e. The van der Waals surface area contributed by atoms with Crippen molar-refractivity contribution in [2.45, 2.75) is 5.54 Å². The minimum atomic E-state index is -1.20. The molecule has 0 amide bonds. The molecule has 0 saturated heterocycles. The summed E-state index contributed by atoms with van der Waals surface area (Å²) >= 11 is 0. The second-order valence-electron chi connectivity index (χ2n) is 6.94. The largest absolute Gasteiger partial charge is 0.508 e. The number of fused-ring (bicyclic) bond motifs is 4. The summed E-state index contributed by atoms with van der Waals surface area (Å²) in [6, 6.07) is 10.2. The van der Waals surface area contributed by atoms with Gasteiger partial charge in [-0.3, -0.25) is 4.99 Å². The van der Waals surface area contributed by atoms with Crippen LogP contribution in [-0.4, -0.2) is 29.1 Å². The van der Waals surface area contributed by atoms with E-state index in [4.69, 9.17) is 15.2 Å². The van der Waals surface area contributed by atoms with Gasteiger partial charge in [-0.05, 0) is 47.5 Å². The van der Waals surface area contributed by atoms with Gasteiger partial charge in [0.05, 0.1) is 6.61 Å². The molecule has 0 fully saturated rings. The SMILES string of the molecule is NC1=NC2(COC1)c1cc(O)ccc1Oc1c(F)cc(-c3ccnc(F)c3)cc12. The summed E-state index contributed by atoms with van der Waals surface area (Å²) in [4.78, 5) is 8.15. The number of hydrogen-bond acceptors (Lipinski definition) is 6. The average Bonchev–Trinajstić information content (AvgIpc) is 2.69. The fourth-order valence-electron chi connectivity index (χ4n) is 3.83. The molecule has 2 aromatic carbocycles. The highest BCUT2D eigenvalue weighted by atomic mass is 19.1. The molecule has 1 unspecified atom stereocenters. The van der Waals surface area contributed by atoms with Crippen LogP contribution in [0.5, 0.6) is 17.2 Å². The van der Waals surface area contributed by atoms with E-state index < -0.39 is 17.3 Å². The lowest BCUT2D eigenvalue weighted by molar-refractivity contribution is 0.109. The van der Waals surface area contributed by atoms with Crippen LogP contribution < -0.4 is 10.5 Å². The predicted octanol–water partition coefficient (Wildman–Crippen LogP) is 3.47. The molecule has 2 aliphatic heterocycles. The van der Waals surface area contributed by atoms with Crippen LogP contribution in [0, 0.1) is 11.8 Å². The number of hydrogen-bond donors (Lipinski definition) is 2. The molecule has 5 rings (SSSR count). The number of pyridine rings is 1. The van der Waals surface area contributed by atoms with E-state index in [1.807, 2.05) is 0 Å². The molecule has 2 aliphatic rings. The van der Waals surface area contributed by atoms with Crippen molar-refractivity contribution in [3.8, 4) is 28.4 Å². The van der Waals surface area contributed by atoms with Gasteiger partial charge >= 0.3 is 0 Å². The Morgan fingerprint density at radius 2 is 1.90 bits per heavy atom. The van der Waals surface area contributed by atoms with Crippen molar-refractivity contribution in [3.63, 3.8) is 0 Å². The smallest absolute Gasteiger partial charge is 0.213 e. The minimum absolute atomic E-state index is 0.00218. The molecule has 29 heavy (non-hydrogen) atoms. The second kappa shape index (κ2) is 6.25. The van der Waals surface area contributed by atoms with Crippen LogP contribution in [0.4, 0.5) is 8.78 Å². The van der Waals surface area contributed by atoms with Crippen LogP contribution >= 0.6 is 0 Å². The molecular weight excluding hydrogens is 380 g/mol. The lowest BCUT2D eigenvalue weighted by Gasteiger charge is -2.39. The van der Waals surface area contributed by atoms with Gasteiger partial charge in [0, 0.05) is 23.4 Å². The summed E-state index contributed by atoms with van der Waals surface area (Å²) in [7, 11) is 0. The van der Waals surface area contributed by atoms with Gasteiger partial charge in [-0.2, -0.15) is 4.39 Å². The molecule has 3 heterocycles. The zero-order valence-corrected chi connectivity index (χ0v) is 15.0. The summed E-state index contributed by atoms with van der Waals surface area (Å²) in [5, 5.41) is 10.0. The first-order chi connectivity index (χ1) is 14.0. The predicted molar refractivity (Wildman–Crippen MR) is 101 cm³/mol. The monoisotopic (exact) mass is 395 g/mol. The quantitative estimate of drug-likeness (QED) is 0.616. The van der Waals surface area contributed by atoms with E-state index in [0.29, 0.717) is 28.0 Å². The van der Waals surface area contributed by atoms with Gasteiger partial charge in [-0.25, -0.2) is 9.37 Å². The summed E-state index contributed by atoms with van der Waals surface area (Å²) in [5.41, 5.74) is 6.53. The standard InChI is InChI=1S/C21H15F2N3O3/c22-16-6-12(11-3-4-25-18(23)7-11)5-15-20(16)29-17-2-1-13(27)8-14(17)21(15)10-28-9-19(24)26-21/h1-8,27H,9-10H2,(H2,24,26). The van der Waals surface area contributed by atoms with E-state index in [9.17, 15) is 9.50 Å². The Kier molecular flexibility index (Phi) is 3.78. The molecule has 0 saturated carbocycles. The average molecular weight is 395 g/mol. The van der Waals surface area contributed by atoms with E-state index in [1.54, 1.807) is 18.2 Å². The Morgan fingerprint density at radius 1 is 1.03 bits per heavy atom. The zero-order chi connectivity index (χ0) is 20.2. The number of benzene rings is 2. The van der Waals surface area contributed by atoms with Gasteiger partial charge < -0.3 is 20.3 Å². The third kappa shape index (κ3) is 2.72. The molecule has 1 aromatic heterocycles. The van der Waals surface area contributed by atoms with Crippen molar-refractivity contribution in [1.29, 1.82) is 0 Å². The number of ether oxygens (including phenoxy) is 2. The second-order valence-corrected chi connectivity index (χ2v) is 6.94. The first kappa shape index (κ1) is 17.6.